The highest BCUT2D eigenvalue weighted by molar-refractivity contribution is 9.10. The number of rotatable bonds is 6. The third-order valence-electron chi connectivity index (χ3n) is 3.18. The Hall–Kier alpha value is -2.60. The molecule has 0 spiro atoms. The molecule has 1 amide bonds. The highest BCUT2D eigenvalue weighted by Crippen LogP contribution is 2.28. The number of hydrogen-bond donors (Lipinski definition) is 1. The summed E-state index contributed by atoms with van der Waals surface area (Å²) in [7, 11) is 3.04. The number of nitrogens with one attached hydrogen (secondary N) is 1. The van der Waals surface area contributed by atoms with Gasteiger partial charge in [0.2, 0.25) is 5.91 Å². The second kappa shape index (κ2) is 8.31. The zero-order chi connectivity index (χ0) is 17.5. The van der Waals surface area contributed by atoms with E-state index in [2.05, 4.69) is 21.2 Å². The van der Waals surface area contributed by atoms with E-state index in [9.17, 15) is 9.59 Å². The zero-order valence-electron chi connectivity index (χ0n) is 13.2. The second-order valence-electron chi connectivity index (χ2n) is 4.76. The number of amides is 1. The minimum atomic E-state index is -0.438. The van der Waals surface area contributed by atoms with E-state index < -0.39 is 5.91 Å². The molecule has 0 fully saturated rings. The zero-order valence-corrected chi connectivity index (χ0v) is 14.8. The Kier molecular flexibility index (Phi) is 6.14. The van der Waals surface area contributed by atoms with Crippen LogP contribution in [-0.2, 0) is 4.79 Å². The van der Waals surface area contributed by atoms with Crippen LogP contribution in [0.4, 0.5) is 5.69 Å². The number of carbonyl (C=O) groups excluding carboxylic acids is 2. The molecule has 2 aromatic carbocycles. The van der Waals surface area contributed by atoms with Crippen molar-refractivity contribution in [1.29, 1.82) is 0 Å². The van der Waals surface area contributed by atoms with Crippen LogP contribution in [0.2, 0.25) is 0 Å². The van der Waals surface area contributed by atoms with Gasteiger partial charge in [-0.05, 0) is 42.5 Å². The average molecular weight is 390 g/mol. The van der Waals surface area contributed by atoms with Crippen molar-refractivity contribution in [1.82, 2.24) is 0 Å². The second-order valence-corrected chi connectivity index (χ2v) is 5.68. The number of halogens is 1. The molecule has 0 saturated heterocycles. The maximum Gasteiger partial charge on any atom is 0.248 e. The van der Waals surface area contributed by atoms with Gasteiger partial charge >= 0.3 is 0 Å². The van der Waals surface area contributed by atoms with Crippen molar-refractivity contribution in [2.75, 3.05) is 19.5 Å². The predicted octanol–water partition coefficient (Wildman–Crippen LogP) is 3.84. The number of methoxy groups -OCH3 is 2. The van der Waals surface area contributed by atoms with Crippen LogP contribution in [-0.4, -0.2) is 25.9 Å². The summed E-state index contributed by atoms with van der Waals surface area (Å²) in [5.74, 6) is 0.389. The number of ketones is 1. The molecule has 0 bridgehead atoms. The Labute approximate surface area is 148 Å². The quantitative estimate of drug-likeness (QED) is 0.601. The normalized spacial score (nSPS) is 10.5. The number of anilines is 1. The number of allylic oxidation sites excluding steroid dienone is 1. The first-order chi connectivity index (χ1) is 11.5. The number of hydrogen-bond acceptors (Lipinski definition) is 4. The van der Waals surface area contributed by atoms with E-state index in [1.165, 1.54) is 26.4 Å². The summed E-state index contributed by atoms with van der Waals surface area (Å²) in [6.07, 6.45) is 2.41. The summed E-state index contributed by atoms with van der Waals surface area (Å²) in [5, 5.41) is 2.66. The molecule has 24 heavy (non-hydrogen) atoms. The molecule has 0 saturated carbocycles. The molecule has 0 radical (unpaired) electrons. The summed E-state index contributed by atoms with van der Waals surface area (Å²) in [5.41, 5.74) is 0.962. The van der Waals surface area contributed by atoms with Crippen LogP contribution in [0.5, 0.6) is 11.5 Å². The molecular formula is C18H16BrNO4. The largest absolute Gasteiger partial charge is 0.497 e. The standard InChI is InChI=1S/C18H16BrNO4/c1-23-14-7-9-17(24-2)15(11-14)20-18(22)10-8-16(21)12-3-5-13(19)6-4-12/h3-11H,1-2H3,(H,20,22)/b10-8+. The molecule has 2 aromatic rings. The Morgan fingerprint density at radius 2 is 1.71 bits per heavy atom. The molecule has 2 rings (SSSR count). The van der Waals surface area contributed by atoms with Crippen LogP contribution < -0.4 is 14.8 Å². The first-order valence-electron chi connectivity index (χ1n) is 7.04. The molecule has 0 aromatic heterocycles. The third kappa shape index (κ3) is 4.70. The van der Waals surface area contributed by atoms with Gasteiger partial charge in [-0.2, -0.15) is 0 Å². The smallest absolute Gasteiger partial charge is 0.248 e. The summed E-state index contributed by atoms with van der Waals surface area (Å²) in [6, 6.07) is 11.9. The van der Waals surface area contributed by atoms with Gasteiger partial charge < -0.3 is 14.8 Å². The molecule has 1 N–H and O–H groups in total. The molecule has 0 aliphatic carbocycles. The van der Waals surface area contributed by atoms with Crippen molar-refractivity contribution < 1.29 is 19.1 Å². The van der Waals surface area contributed by atoms with Crippen LogP contribution >= 0.6 is 15.9 Å². The van der Waals surface area contributed by atoms with Gasteiger partial charge in [0.15, 0.2) is 5.78 Å². The Morgan fingerprint density at radius 1 is 1.00 bits per heavy atom. The fourth-order valence-corrected chi connectivity index (χ4v) is 2.21. The fourth-order valence-electron chi connectivity index (χ4n) is 1.95. The van der Waals surface area contributed by atoms with Crippen molar-refractivity contribution in [3.63, 3.8) is 0 Å². The number of carbonyl (C=O) groups is 2. The lowest BCUT2D eigenvalue weighted by molar-refractivity contribution is -0.111. The molecular weight excluding hydrogens is 374 g/mol. The Bertz CT molecular complexity index is 769. The molecule has 0 aliphatic rings. The topological polar surface area (TPSA) is 64.6 Å². The number of ether oxygens (including phenoxy) is 2. The molecule has 0 heterocycles. The monoisotopic (exact) mass is 389 g/mol. The van der Waals surface area contributed by atoms with Gasteiger partial charge in [0.1, 0.15) is 11.5 Å². The molecule has 124 valence electrons. The van der Waals surface area contributed by atoms with Gasteiger partial charge in [-0.15, -0.1) is 0 Å². The van der Waals surface area contributed by atoms with Crippen LogP contribution in [0.15, 0.2) is 59.1 Å². The fraction of sp³-hybridized carbons (Fsp3) is 0.111. The van der Waals surface area contributed by atoms with Crippen LogP contribution in [0.25, 0.3) is 0 Å². The highest BCUT2D eigenvalue weighted by atomic mass is 79.9. The maximum absolute atomic E-state index is 12.0. The summed E-state index contributed by atoms with van der Waals surface area (Å²) in [6.45, 7) is 0. The summed E-state index contributed by atoms with van der Waals surface area (Å²) in [4.78, 5) is 24.0. The van der Waals surface area contributed by atoms with Crippen molar-refractivity contribution >= 4 is 33.3 Å². The van der Waals surface area contributed by atoms with Crippen molar-refractivity contribution in [2.45, 2.75) is 0 Å². The van der Waals surface area contributed by atoms with E-state index in [0.717, 1.165) is 4.47 Å². The molecule has 0 aliphatic heterocycles. The van der Waals surface area contributed by atoms with Gasteiger partial charge in [0.25, 0.3) is 0 Å². The minimum Gasteiger partial charge on any atom is -0.497 e. The van der Waals surface area contributed by atoms with E-state index in [1.54, 1.807) is 42.5 Å². The molecule has 0 unspecified atom stereocenters. The third-order valence-corrected chi connectivity index (χ3v) is 3.71. The van der Waals surface area contributed by atoms with Gasteiger partial charge in [-0.25, -0.2) is 0 Å². The van der Waals surface area contributed by atoms with Gasteiger partial charge in [-0.1, -0.05) is 15.9 Å². The summed E-state index contributed by atoms with van der Waals surface area (Å²) >= 11 is 3.30. The van der Waals surface area contributed by atoms with E-state index in [-0.39, 0.29) is 5.78 Å². The van der Waals surface area contributed by atoms with Crippen molar-refractivity contribution in [3.8, 4) is 11.5 Å². The Morgan fingerprint density at radius 3 is 2.33 bits per heavy atom. The van der Waals surface area contributed by atoms with E-state index in [1.807, 2.05) is 0 Å². The first-order valence-corrected chi connectivity index (χ1v) is 7.84. The lowest BCUT2D eigenvalue weighted by atomic mass is 10.1. The molecule has 6 heteroatoms. The predicted molar refractivity (Wildman–Crippen MR) is 95.8 cm³/mol. The minimum absolute atomic E-state index is 0.254. The summed E-state index contributed by atoms with van der Waals surface area (Å²) < 4.78 is 11.2. The lowest BCUT2D eigenvalue weighted by Crippen LogP contribution is -2.10. The first kappa shape index (κ1) is 17.7. The number of benzene rings is 2. The van der Waals surface area contributed by atoms with Gasteiger partial charge in [-0.3, -0.25) is 9.59 Å². The van der Waals surface area contributed by atoms with Crippen LogP contribution in [0, 0.1) is 0 Å². The van der Waals surface area contributed by atoms with Gasteiger partial charge in [0, 0.05) is 22.2 Å². The van der Waals surface area contributed by atoms with Gasteiger partial charge in [0.05, 0.1) is 19.9 Å². The van der Waals surface area contributed by atoms with Crippen LogP contribution in [0.3, 0.4) is 0 Å². The van der Waals surface area contributed by atoms with Crippen LogP contribution in [0.1, 0.15) is 10.4 Å². The average Bonchev–Trinajstić information content (AvgIpc) is 2.60. The SMILES string of the molecule is COc1ccc(OC)c(NC(=O)/C=C/C(=O)c2ccc(Br)cc2)c1. The van der Waals surface area contributed by atoms with E-state index in [0.29, 0.717) is 22.7 Å². The highest BCUT2D eigenvalue weighted by Gasteiger charge is 2.08. The van der Waals surface area contributed by atoms with E-state index >= 15 is 0 Å². The molecule has 0 atom stereocenters. The Balaban J connectivity index is 2.07. The van der Waals surface area contributed by atoms with E-state index in [4.69, 9.17) is 9.47 Å². The molecule has 5 nitrogen and oxygen atoms in total. The van der Waals surface area contributed by atoms with Crippen molar-refractivity contribution in [3.05, 3.63) is 64.7 Å². The maximum atomic E-state index is 12.0. The van der Waals surface area contributed by atoms with Crippen molar-refractivity contribution in [2.24, 2.45) is 0 Å². The lowest BCUT2D eigenvalue weighted by Gasteiger charge is -2.10.